The summed E-state index contributed by atoms with van der Waals surface area (Å²) in [6.45, 7) is 1.98. The maximum atomic E-state index is 11.7. The lowest BCUT2D eigenvalue weighted by atomic mass is 9.98. The third kappa shape index (κ3) is 3.04. The molecule has 5 heteroatoms. The summed E-state index contributed by atoms with van der Waals surface area (Å²) in [5.74, 6) is 1.54. The Morgan fingerprint density at radius 3 is 2.87 bits per heavy atom. The quantitative estimate of drug-likeness (QED) is 0.860. The Labute approximate surface area is 135 Å². The van der Waals surface area contributed by atoms with Crippen LogP contribution in [-0.4, -0.2) is 24.4 Å². The molecule has 0 aliphatic carbocycles. The molecule has 0 spiro atoms. The van der Waals surface area contributed by atoms with Gasteiger partial charge in [-0.3, -0.25) is 5.01 Å². The van der Waals surface area contributed by atoms with Crippen molar-refractivity contribution >= 4 is 12.1 Å². The summed E-state index contributed by atoms with van der Waals surface area (Å²) in [6, 6.07) is 13.2. The molecule has 1 aliphatic heterocycles. The zero-order chi connectivity index (χ0) is 16.2. The summed E-state index contributed by atoms with van der Waals surface area (Å²) in [6.07, 6.45) is 3.35. The second-order valence-corrected chi connectivity index (χ2v) is 5.43. The van der Waals surface area contributed by atoms with Gasteiger partial charge in [0, 0.05) is 11.9 Å². The van der Waals surface area contributed by atoms with E-state index in [1.807, 2.05) is 49.4 Å². The Kier molecular flexibility index (Phi) is 4.28. The molecule has 23 heavy (non-hydrogen) atoms. The van der Waals surface area contributed by atoms with Gasteiger partial charge in [0.1, 0.15) is 23.9 Å². The van der Waals surface area contributed by atoms with Gasteiger partial charge in [-0.05, 0) is 48.7 Å². The zero-order valence-electron chi connectivity index (χ0n) is 13.2. The van der Waals surface area contributed by atoms with Crippen molar-refractivity contribution in [1.29, 1.82) is 0 Å². The van der Waals surface area contributed by atoms with E-state index in [4.69, 9.17) is 4.74 Å². The molecule has 1 aliphatic rings. The van der Waals surface area contributed by atoms with Crippen molar-refractivity contribution in [3.8, 4) is 5.75 Å². The second-order valence-electron chi connectivity index (χ2n) is 5.43. The lowest BCUT2D eigenvalue weighted by molar-refractivity contribution is -0.108. The van der Waals surface area contributed by atoms with Crippen molar-refractivity contribution in [2.24, 2.45) is 0 Å². The van der Waals surface area contributed by atoms with Gasteiger partial charge in [0.25, 0.3) is 0 Å². The highest BCUT2D eigenvalue weighted by atomic mass is 16.5. The van der Waals surface area contributed by atoms with Gasteiger partial charge in [-0.25, -0.2) is 4.98 Å². The summed E-state index contributed by atoms with van der Waals surface area (Å²) in [7, 11) is 1.65. The van der Waals surface area contributed by atoms with Gasteiger partial charge in [0.05, 0.1) is 7.11 Å². The maximum Gasteiger partial charge on any atom is 0.148 e. The minimum Gasteiger partial charge on any atom is -0.497 e. The summed E-state index contributed by atoms with van der Waals surface area (Å²) >= 11 is 0. The standard InChI is InChI=1S/C18H19N3O2/c1-13-16(11-14-6-5-7-15(10-14)23-2)17(12-22)21(20-13)18-8-3-4-9-19-18/h3-10,12,17,20H,11H2,1-2H3. The van der Waals surface area contributed by atoms with Crippen LogP contribution in [0.2, 0.25) is 0 Å². The highest BCUT2D eigenvalue weighted by Gasteiger charge is 2.31. The van der Waals surface area contributed by atoms with Gasteiger partial charge in [0.15, 0.2) is 0 Å². The molecule has 1 unspecified atom stereocenters. The van der Waals surface area contributed by atoms with Gasteiger partial charge >= 0.3 is 0 Å². The molecule has 1 N–H and O–H groups in total. The van der Waals surface area contributed by atoms with E-state index >= 15 is 0 Å². The van der Waals surface area contributed by atoms with Crippen molar-refractivity contribution in [3.05, 3.63) is 65.5 Å². The number of hydrazine groups is 1. The smallest absolute Gasteiger partial charge is 0.148 e. The van der Waals surface area contributed by atoms with Crippen molar-refractivity contribution in [1.82, 2.24) is 10.4 Å². The summed E-state index contributed by atoms with van der Waals surface area (Å²) in [4.78, 5) is 16.0. The zero-order valence-corrected chi connectivity index (χ0v) is 13.2. The van der Waals surface area contributed by atoms with Crippen molar-refractivity contribution in [2.45, 2.75) is 19.4 Å². The van der Waals surface area contributed by atoms with E-state index < -0.39 is 0 Å². The van der Waals surface area contributed by atoms with Gasteiger partial charge < -0.3 is 15.0 Å². The number of carbonyl (C=O) groups is 1. The first-order valence-corrected chi connectivity index (χ1v) is 7.47. The van der Waals surface area contributed by atoms with Crippen LogP contribution in [-0.2, 0) is 11.2 Å². The largest absolute Gasteiger partial charge is 0.497 e. The number of benzene rings is 1. The SMILES string of the molecule is COc1cccc(CC2=C(C)NN(c3ccccn3)C2C=O)c1. The lowest BCUT2D eigenvalue weighted by Crippen LogP contribution is -2.41. The van der Waals surface area contributed by atoms with E-state index in [1.54, 1.807) is 18.3 Å². The number of carbonyl (C=O) groups excluding carboxylic acids is 1. The summed E-state index contributed by atoms with van der Waals surface area (Å²) in [5.41, 5.74) is 6.39. The average Bonchev–Trinajstić information content (AvgIpc) is 2.92. The fourth-order valence-corrected chi connectivity index (χ4v) is 2.78. The first kappa shape index (κ1) is 15.1. The normalized spacial score (nSPS) is 17.1. The van der Waals surface area contributed by atoms with Crippen LogP contribution in [0.3, 0.4) is 0 Å². The van der Waals surface area contributed by atoms with Crippen LogP contribution in [0.15, 0.2) is 59.9 Å². The first-order chi connectivity index (χ1) is 11.2. The Hall–Kier alpha value is -2.82. The highest BCUT2D eigenvalue weighted by Crippen LogP contribution is 2.27. The fraction of sp³-hybridized carbons (Fsp3) is 0.222. The Morgan fingerprint density at radius 1 is 1.30 bits per heavy atom. The molecule has 3 rings (SSSR count). The minimum absolute atomic E-state index is 0.365. The van der Waals surface area contributed by atoms with E-state index in [9.17, 15) is 4.79 Å². The molecule has 118 valence electrons. The Bertz CT molecular complexity index is 728. The molecule has 2 aromatic rings. The van der Waals surface area contributed by atoms with Gasteiger partial charge in [-0.1, -0.05) is 18.2 Å². The molecule has 0 bridgehead atoms. The molecule has 1 atom stereocenters. The number of hydrogen-bond acceptors (Lipinski definition) is 5. The van der Waals surface area contributed by atoms with Crippen molar-refractivity contribution in [2.75, 3.05) is 12.1 Å². The fourth-order valence-electron chi connectivity index (χ4n) is 2.78. The molecular weight excluding hydrogens is 290 g/mol. The van der Waals surface area contributed by atoms with Crippen molar-refractivity contribution in [3.63, 3.8) is 0 Å². The molecular formula is C18H19N3O2. The van der Waals surface area contributed by atoms with Gasteiger partial charge in [0.2, 0.25) is 0 Å². The van der Waals surface area contributed by atoms with Crippen LogP contribution >= 0.6 is 0 Å². The molecule has 0 saturated carbocycles. The Balaban J connectivity index is 1.86. The number of aldehydes is 1. The molecule has 0 radical (unpaired) electrons. The first-order valence-electron chi connectivity index (χ1n) is 7.47. The highest BCUT2D eigenvalue weighted by molar-refractivity contribution is 5.72. The monoisotopic (exact) mass is 309 g/mol. The number of pyridine rings is 1. The molecule has 2 heterocycles. The number of nitrogens with one attached hydrogen (secondary N) is 1. The topological polar surface area (TPSA) is 54.5 Å². The Morgan fingerprint density at radius 2 is 2.17 bits per heavy atom. The van der Waals surface area contributed by atoms with Crippen LogP contribution in [0.1, 0.15) is 12.5 Å². The molecule has 0 amide bonds. The van der Waals surface area contributed by atoms with E-state index in [0.29, 0.717) is 6.42 Å². The predicted molar refractivity (Wildman–Crippen MR) is 89.1 cm³/mol. The van der Waals surface area contributed by atoms with Crippen LogP contribution in [0.25, 0.3) is 0 Å². The lowest BCUT2D eigenvalue weighted by Gasteiger charge is -2.23. The molecule has 1 aromatic heterocycles. The number of anilines is 1. The summed E-state index contributed by atoms with van der Waals surface area (Å²) < 4.78 is 5.27. The third-order valence-electron chi connectivity index (χ3n) is 3.96. The van der Waals surface area contributed by atoms with Crippen molar-refractivity contribution < 1.29 is 9.53 Å². The van der Waals surface area contributed by atoms with E-state index in [2.05, 4.69) is 10.4 Å². The molecule has 5 nitrogen and oxygen atoms in total. The average molecular weight is 309 g/mol. The molecule has 1 aromatic carbocycles. The van der Waals surface area contributed by atoms with E-state index in [-0.39, 0.29) is 6.04 Å². The number of aromatic nitrogens is 1. The van der Waals surface area contributed by atoms with Gasteiger partial charge in [-0.2, -0.15) is 0 Å². The molecule has 0 saturated heterocycles. The van der Waals surface area contributed by atoms with Crippen LogP contribution in [0.4, 0.5) is 5.82 Å². The predicted octanol–water partition coefficient (Wildman–Crippen LogP) is 2.50. The summed E-state index contributed by atoms with van der Waals surface area (Å²) in [5, 5.41) is 1.80. The second kappa shape index (κ2) is 6.52. The van der Waals surface area contributed by atoms with E-state index in [1.165, 1.54) is 0 Å². The number of hydrogen-bond donors (Lipinski definition) is 1. The van der Waals surface area contributed by atoms with Crippen LogP contribution < -0.4 is 15.2 Å². The van der Waals surface area contributed by atoms with E-state index in [0.717, 1.165) is 34.7 Å². The maximum absolute atomic E-state index is 11.7. The number of ether oxygens (including phenoxy) is 1. The van der Waals surface area contributed by atoms with Crippen LogP contribution in [0.5, 0.6) is 5.75 Å². The number of allylic oxidation sites excluding steroid dienone is 1. The third-order valence-corrected chi connectivity index (χ3v) is 3.96. The van der Waals surface area contributed by atoms with Crippen LogP contribution in [0, 0.1) is 0 Å². The number of rotatable bonds is 5. The number of nitrogens with zero attached hydrogens (tertiary/aromatic N) is 2. The molecule has 0 fully saturated rings. The number of methoxy groups -OCH3 is 1. The van der Waals surface area contributed by atoms with Gasteiger partial charge in [-0.15, -0.1) is 0 Å². The minimum atomic E-state index is -0.365.